The molecule has 0 aliphatic rings. The molecular formula is C9H9BrF2N2O3. The highest BCUT2D eigenvalue weighted by Crippen LogP contribution is 2.28. The lowest BCUT2D eigenvalue weighted by atomic mass is 10.2. The van der Waals surface area contributed by atoms with E-state index in [0.29, 0.717) is 4.47 Å². The SMILES string of the molecule is O=[N+]([O-])c1ccc(Br)cc1NCC(F)(F)CO. The van der Waals surface area contributed by atoms with Gasteiger partial charge < -0.3 is 10.4 Å². The van der Waals surface area contributed by atoms with Crippen LogP contribution in [0.1, 0.15) is 0 Å². The molecule has 5 nitrogen and oxygen atoms in total. The number of nitro groups is 1. The summed E-state index contributed by atoms with van der Waals surface area (Å²) in [5.74, 6) is -3.32. The van der Waals surface area contributed by atoms with Crippen molar-refractivity contribution in [2.24, 2.45) is 0 Å². The summed E-state index contributed by atoms with van der Waals surface area (Å²) in [4.78, 5) is 9.97. The number of rotatable bonds is 5. The molecule has 0 atom stereocenters. The maximum atomic E-state index is 12.8. The van der Waals surface area contributed by atoms with E-state index in [1.54, 1.807) is 0 Å². The van der Waals surface area contributed by atoms with Crippen molar-refractivity contribution in [1.82, 2.24) is 0 Å². The maximum Gasteiger partial charge on any atom is 0.292 e. The Balaban J connectivity index is 2.89. The zero-order chi connectivity index (χ0) is 13.1. The van der Waals surface area contributed by atoms with Crippen LogP contribution in [0.15, 0.2) is 22.7 Å². The van der Waals surface area contributed by atoms with Crippen LogP contribution in [0, 0.1) is 10.1 Å². The predicted molar refractivity (Wildman–Crippen MR) is 61.3 cm³/mol. The molecular weight excluding hydrogens is 302 g/mol. The van der Waals surface area contributed by atoms with Crippen molar-refractivity contribution in [3.63, 3.8) is 0 Å². The summed E-state index contributed by atoms with van der Waals surface area (Å²) < 4.78 is 26.1. The van der Waals surface area contributed by atoms with Gasteiger partial charge in [-0.05, 0) is 12.1 Å². The van der Waals surface area contributed by atoms with E-state index in [4.69, 9.17) is 5.11 Å². The number of hydrogen-bond donors (Lipinski definition) is 2. The first-order valence-electron chi connectivity index (χ1n) is 4.52. The Bertz CT molecular complexity index is 429. The molecule has 1 aromatic rings. The van der Waals surface area contributed by atoms with E-state index in [1.807, 2.05) is 0 Å². The van der Waals surface area contributed by atoms with E-state index in [-0.39, 0.29) is 11.4 Å². The van der Waals surface area contributed by atoms with E-state index in [9.17, 15) is 18.9 Å². The molecule has 0 unspecified atom stereocenters. The largest absolute Gasteiger partial charge is 0.390 e. The molecule has 0 fully saturated rings. The number of hydrogen-bond acceptors (Lipinski definition) is 4. The van der Waals surface area contributed by atoms with Gasteiger partial charge in [0.05, 0.1) is 11.5 Å². The summed E-state index contributed by atoms with van der Waals surface area (Å²) in [7, 11) is 0. The van der Waals surface area contributed by atoms with E-state index in [0.717, 1.165) is 0 Å². The first kappa shape index (κ1) is 13.8. The number of nitro benzene ring substituents is 1. The first-order chi connectivity index (χ1) is 7.85. The normalized spacial score (nSPS) is 11.3. The number of anilines is 1. The fraction of sp³-hybridized carbons (Fsp3) is 0.333. The van der Waals surface area contributed by atoms with Gasteiger partial charge >= 0.3 is 0 Å². The molecule has 0 aliphatic heterocycles. The Morgan fingerprint density at radius 1 is 1.53 bits per heavy atom. The maximum absolute atomic E-state index is 12.8. The molecule has 0 saturated carbocycles. The molecule has 1 aromatic carbocycles. The second kappa shape index (κ2) is 5.37. The number of aliphatic hydroxyl groups is 1. The lowest BCUT2D eigenvalue weighted by molar-refractivity contribution is -0.384. The van der Waals surface area contributed by atoms with Crippen LogP contribution in [-0.4, -0.2) is 29.1 Å². The Morgan fingerprint density at radius 3 is 2.71 bits per heavy atom. The van der Waals surface area contributed by atoms with Crippen LogP contribution in [0.3, 0.4) is 0 Å². The zero-order valence-electron chi connectivity index (χ0n) is 8.49. The standard InChI is InChI=1S/C9H9BrF2N2O3/c10-6-1-2-8(14(16)17)7(3-6)13-4-9(11,12)5-15/h1-3,13,15H,4-5H2. The fourth-order valence-electron chi connectivity index (χ4n) is 1.09. The number of alkyl halides is 2. The van der Waals surface area contributed by atoms with Crippen molar-refractivity contribution in [2.75, 3.05) is 18.5 Å². The summed E-state index contributed by atoms with van der Waals surface area (Å²) in [5.41, 5.74) is -0.334. The molecule has 0 saturated heterocycles. The van der Waals surface area contributed by atoms with Crippen LogP contribution in [0.4, 0.5) is 20.2 Å². The summed E-state index contributed by atoms with van der Waals surface area (Å²) in [6.45, 7) is -2.19. The minimum atomic E-state index is -3.32. The monoisotopic (exact) mass is 310 g/mol. The number of aliphatic hydroxyl groups excluding tert-OH is 1. The summed E-state index contributed by atoms with van der Waals surface area (Å²) in [5, 5.41) is 21.3. The third-order valence-electron chi connectivity index (χ3n) is 1.92. The second-order valence-corrected chi connectivity index (χ2v) is 4.20. The molecule has 0 bridgehead atoms. The van der Waals surface area contributed by atoms with E-state index in [2.05, 4.69) is 21.2 Å². The third-order valence-corrected chi connectivity index (χ3v) is 2.42. The van der Waals surface area contributed by atoms with E-state index in [1.165, 1.54) is 18.2 Å². The van der Waals surface area contributed by atoms with Gasteiger partial charge in [0, 0.05) is 10.5 Å². The van der Waals surface area contributed by atoms with Crippen molar-refractivity contribution >= 4 is 27.3 Å². The molecule has 0 radical (unpaired) electrons. The van der Waals surface area contributed by atoms with Crippen LogP contribution in [0.25, 0.3) is 0 Å². The molecule has 0 amide bonds. The molecule has 0 heterocycles. The molecule has 1 rings (SSSR count). The molecule has 2 N–H and O–H groups in total. The van der Waals surface area contributed by atoms with Crippen molar-refractivity contribution < 1.29 is 18.8 Å². The lowest BCUT2D eigenvalue weighted by Gasteiger charge is -2.15. The summed E-state index contributed by atoms with van der Waals surface area (Å²) in [6.07, 6.45) is 0. The molecule has 0 aromatic heterocycles. The van der Waals surface area contributed by atoms with Crippen LogP contribution in [0.2, 0.25) is 0 Å². The average molecular weight is 311 g/mol. The lowest BCUT2D eigenvalue weighted by Crippen LogP contribution is -2.31. The Morgan fingerprint density at radius 2 is 2.18 bits per heavy atom. The van der Waals surface area contributed by atoms with Gasteiger partial charge in [-0.25, -0.2) is 8.78 Å². The molecule has 8 heteroatoms. The topological polar surface area (TPSA) is 75.4 Å². The van der Waals surface area contributed by atoms with Gasteiger partial charge in [-0.1, -0.05) is 15.9 Å². The smallest absolute Gasteiger partial charge is 0.292 e. The molecule has 0 aliphatic carbocycles. The number of nitrogens with one attached hydrogen (secondary N) is 1. The van der Waals surface area contributed by atoms with Crippen molar-refractivity contribution in [3.8, 4) is 0 Å². The van der Waals surface area contributed by atoms with Crippen LogP contribution < -0.4 is 5.32 Å². The van der Waals surface area contributed by atoms with Crippen molar-refractivity contribution in [2.45, 2.75) is 5.92 Å². The van der Waals surface area contributed by atoms with Gasteiger partial charge in [0.25, 0.3) is 11.6 Å². The number of benzene rings is 1. The van der Waals surface area contributed by atoms with Gasteiger partial charge in [0.15, 0.2) is 0 Å². The van der Waals surface area contributed by atoms with Crippen LogP contribution >= 0.6 is 15.9 Å². The van der Waals surface area contributed by atoms with E-state index >= 15 is 0 Å². The highest BCUT2D eigenvalue weighted by Gasteiger charge is 2.28. The van der Waals surface area contributed by atoms with Gasteiger partial charge in [0.2, 0.25) is 0 Å². The molecule has 0 spiro atoms. The van der Waals surface area contributed by atoms with Gasteiger partial charge in [0.1, 0.15) is 12.3 Å². The Hall–Kier alpha value is -1.28. The van der Waals surface area contributed by atoms with Gasteiger partial charge in [-0.3, -0.25) is 10.1 Å². The van der Waals surface area contributed by atoms with Crippen LogP contribution in [-0.2, 0) is 0 Å². The number of halogens is 3. The minimum absolute atomic E-state index is 0.0301. The van der Waals surface area contributed by atoms with Gasteiger partial charge in [-0.15, -0.1) is 0 Å². The van der Waals surface area contributed by atoms with Crippen molar-refractivity contribution in [3.05, 3.63) is 32.8 Å². The quantitative estimate of drug-likeness (QED) is 0.647. The minimum Gasteiger partial charge on any atom is -0.390 e. The average Bonchev–Trinajstić information content (AvgIpc) is 2.26. The highest BCUT2D eigenvalue weighted by molar-refractivity contribution is 9.10. The second-order valence-electron chi connectivity index (χ2n) is 3.29. The summed E-state index contributed by atoms with van der Waals surface area (Å²) in [6, 6.07) is 3.96. The third kappa shape index (κ3) is 3.90. The fourth-order valence-corrected chi connectivity index (χ4v) is 1.45. The van der Waals surface area contributed by atoms with Gasteiger partial charge in [-0.2, -0.15) is 0 Å². The summed E-state index contributed by atoms with van der Waals surface area (Å²) >= 11 is 3.08. The highest BCUT2D eigenvalue weighted by atomic mass is 79.9. The predicted octanol–water partition coefficient (Wildman–Crippen LogP) is 2.40. The Kier molecular flexibility index (Phi) is 4.35. The Labute approximate surface area is 104 Å². The van der Waals surface area contributed by atoms with Crippen molar-refractivity contribution in [1.29, 1.82) is 0 Å². The van der Waals surface area contributed by atoms with E-state index < -0.39 is 24.0 Å². The molecule has 17 heavy (non-hydrogen) atoms. The first-order valence-corrected chi connectivity index (χ1v) is 5.31. The molecule has 94 valence electrons. The van der Waals surface area contributed by atoms with Crippen LogP contribution in [0.5, 0.6) is 0 Å². The number of nitrogens with zero attached hydrogens (tertiary/aromatic N) is 1. The zero-order valence-corrected chi connectivity index (χ0v) is 10.1.